The smallest absolute Gasteiger partial charge is 0.339 e. The predicted molar refractivity (Wildman–Crippen MR) is 176 cm³/mol. The van der Waals surface area contributed by atoms with Gasteiger partial charge in [0.25, 0.3) is 5.91 Å². The SMILES string of the molecule is C=Cc1c(C)c2cc3nc(c(C(=O)O)c4nc(cc5[nH]c(cc1[nH]2)c(C)c5CC)C(C)=C4C(=O)NC)[C@@H](CCC(=O)OC)[C@@H]3C. The molecule has 2 aliphatic heterocycles. The number of aromatic nitrogens is 4. The van der Waals surface area contributed by atoms with Crippen molar-refractivity contribution in [3.05, 3.63) is 75.4 Å². The van der Waals surface area contributed by atoms with Crippen LogP contribution in [0.25, 0.3) is 39.3 Å². The van der Waals surface area contributed by atoms with Crippen molar-refractivity contribution in [2.75, 3.05) is 14.2 Å². The fourth-order valence-corrected chi connectivity index (χ4v) is 6.56. The number of ether oxygens (including phenoxy) is 1. The number of esters is 1. The minimum atomic E-state index is -1.25. The van der Waals surface area contributed by atoms with E-state index < -0.39 is 23.8 Å². The number of aromatic amines is 2. The Balaban J connectivity index is 2.02. The van der Waals surface area contributed by atoms with Gasteiger partial charge >= 0.3 is 11.9 Å². The summed E-state index contributed by atoms with van der Waals surface area (Å²) in [5.41, 5.74) is 9.57. The number of rotatable bonds is 7. The molecule has 10 heteroatoms. The van der Waals surface area contributed by atoms with E-state index >= 15 is 0 Å². The number of H-pyrrole nitrogens is 2. The number of carbonyl (C=O) groups is 3. The van der Waals surface area contributed by atoms with Crippen LogP contribution in [0.1, 0.15) is 101 Å². The van der Waals surface area contributed by atoms with Gasteiger partial charge in [0.1, 0.15) is 5.56 Å². The van der Waals surface area contributed by atoms with E-state index in [4.69, 9.17) is 14.7 Å². The highest BCUT2D eigenvalue weighted by Gasteiger charge is 2.37. The molecule has 5 heterocycles. The Bertz CT molecular complexity index is 1960. The van der Waals surface area contributed by atoms with Crippen molar-refractivity contribution < 1.29 is 24.2 Å². The van der Waals surface area contributed by atoms with E-state index in [0.717, 1.165) is 50.7 Å². The predicted octanol–water partition coefficient (Wildman–Crippen LogP) is 6.35. The third-order valence-electron chi connectivity index (χ3n) is 9.19. The molecule has 2 atom stereocenters. The lowest BCUT2D eigenvalue weighted by Crippen LogP contribution is -2.21. The third-order valence-corrected chi connectivity index (χ3v) is 9.19. The van der Waals surface area contributed by atoms with Crippen LogP contribution in [0.15, 0.2) is 24.8 Å². The standard InChI is InChI=1S/C35H39N5O5/c1-9-20-16(3)23-13-25-18(5)22(11-12-29(41)45-8)32(39-25)31(35(43)44)33-30(34(42)36-7)19(6)26(40-33)15-28-21(10-2)17(4)24(38-28)14-27(20)37-23/h9,13-15,18,22,37-38H,1,10-12H2,2-8H3,(H,36,42)(H,43,44)/t18-,22-/m0/s1. The fraction of sp³-hybridized carbons (Fsp3) is 0.343. The normalized spacial score (nSPS) is 16.1. The van der Waals surface area contributed by atoms with Crippen LogP contribution in [0.3, 0.4) is 0 Å². The van der Waals surface area contributed by atoms with Gasteiger partial charge in [0, 0.05) is 58.6 Å². The molecule has 3 aromatic rings. The zero-order chi connectivity index (χ0) is 32.7. The lowest BCUT2D eigenvalue weighted by molar-refractivity contribution is -0.140. The number of amides is 1. The van der Waals surface area contributed by atoms with Crippen molar-refractivity contribution >= 4 is 57.1 Å². The van der Waals surface area contributed by atoms with Gasteiger partial charge < -0.3 is 25.1 Å². The van der Waals surface area contributed by atoms with Gasteiger partial charge in [-0.1, -0.05) is 26.5 Å². The van der Waals surface area contributed by atoms with Gasteiger partial charge in [-0.2, -0.15) is 0 Å². The summed E-state index contributed by atoms with van der Waals surface area (Å²) in [4.78, 5) is 55.5. The number of carboxylic acid groups (broad SMARTS) is 1. The molecule has 0 saturated carbocycles. The summed E-state index contributed by atoms with van der Waals surface area (Å²) in [7, 11) is 2.83. The Morgan fingerprint density at radius 1 is 1.04 bits per heavy atom. The molecule has 0 aliphatic carbocycles. The highest BCUT2D eigenvalue weighted by molar-refractivity contribution is 6.28. The first-order chi connectivity index (χ1) is 21.4. The summed E-state index contributed by atoms with van der Waals surface area (Å²) in [5, 5.41) is 13.4. The summed E-state index contributed by atoms with van der Waals surface area (Å²) in [6.07, 6.45) is 2.95. The zero-order valence-electron chi connectivity index (χ0n) is 26.8. The number of likely N-dealkylation sites (N-methyl/N-ethyl adjacent to an activating group) is 1. The largest absolute Gasteiger partial charge is 0.478 e. The number of hydrogen-bond acceptors (Lipinski definition) is 6. The van der Waals surface area contributed by atoms with E-state index in [0.29, 0.717) is 23.4 Å². The number of allylic oxidation sites excluding steroid dienone is 1. The Morgan fingerprint density at radius 3 is 2.36 bits per heavy atom. The maximum atomic E-state index is 13.3. The molecule has 2 aliphatic rings. The number of nitrogens with zero attached hydrogens (tertiary/aromatic N) is 2. The second-order valence-electron chi connectivity index (χ2n) is 11.6. The second kappa shape index (κ2) is 12.2. The first-order valence-electron chi connectivity index (χ1n) is 15.1. The van der Waals surface area contributed by atoms with Crippen LogP contribution >= 0.6 is 0 Å². The van der Waals surface area contributed by atoms with Crippen LogP contribution in [0.5, 0.6) is 0 Å². The molecular weight excluding hydrogens is 570 g/mol. The lowest BCUT2D eigenvalue weighted by Gasteiger charge is -2.17. The topological polar surface area (TPSA) is 150 Å². The molecule has 3 aromatic heterocycles. The van der Waals surface area contributed by atoms with Crippen molar-refractivity contribution in [1.82, 2.24) is 25.3 Å². The van der Waals surface area contributed by atoms with Crippen LogP contribution in [0, 0.1) is 13.8 Å². The molecule has 1 amide bonds. The van der Waals surface area contributed by atoms with E-state index in [1.807, 2.05) is 32.1 Å². The Hall–Kier alpha value is -4.99. The maximum Gasteiger partial charge on any atom is 0.339 e. The molecule has 0 spiro atoms. The minimum absolute atomic E-state index is 0.0494. The van der Waals surface area contributed by atoms with E-state index in [-0.39, 0.29) is 34.9 Å². The number of fused-ring (bicyclic) bond motifs is 8. The molecule has 0 fully saturated rings. The van der Waals surface area contributed by atoms with Crippen molar-refractivity contribution in [3.63, 3.8) is 0 Å². The maximum absolute atomic E-state index is 13.3. The summed E-state index contributed by atoms with van der Waals surface area (Å²) in [6.45, 7) is 13.9. The number of carbonyl (C=O) groups excluding carboxylic acids is 2. The van der Waals surface area contributed by atoms with E-state index in [1.54, 1.807) is 6.92 Å². The monoisotopic (exact) mass is 609 g/mol. The summed E-state index contributed by atoms with van der Waals surface area (Å²) >= 11 is 0. The average molecular weight is 610 g/mol. The molecule has 0 radical (unpaired) electrons. The van der Waals surface area contributed by atoms with Crippen molar-refractivity contribution in [1.29, 1.82) is 0 Å². The number of aromatic carboxylic acids is 1. The zero-order valence-corrected chi connectivity index (χ0v) is 26.8. The highest BCUT2D eigenvalue weighted by atomic mass is 16.5. The van der Waals surface area contributed by atoms with Crippen LogP contribution in [-0.4, -0.2) is 57.0 Å². The molecule has 5 rings (SSSR count). The van der Waals surface area contributed by atoms with Crippen LogP contribution in [0.4, 0.5) is 0 Å². The Morgan fingerprint density at radius 2 is 1.73 bits per heavy atom. The van der Waals surface area contributed by atoms with Crippen molar-refractivity contribution in [3.8, 4) is 0 Å². The van der Waals surface area contributed by atoms with E-state index in [9.17, 15) is 19.5 Å². The summed E-state index contributed by atoms with van der Waals surface area (Å²) in [6, 6.07) is 5.87. The van der Waals surface area contributed by atoms with Gasteiger partial charge in [-0.05, 0) is 74.1 Å². The quantitative estimate of drug-likeness (QED) is 0.228. The number of aryl methyl sites for hydroxylation is 3. The average Bonchev–Trinajstić information content (AvgIpc) is 3.68. The summed E-state index contributed by atoms with van der Waals surface area (Å²) < 4.78 is 4.90. The third kappa shape index (κ3) is 5.34. The van der Waals surface area contributed by atoms with Crippen LogP contribution in [0.2, 0.25) is 0 Å². The van der Waals surface area contributed by atoms with Gasteiger partial charge in [0.15, 0.2) is 0 Å². The Kier molecular flexibility index (Phi) is 8.51. The molecule has 10 nitrogen and oxygen atoms in total. The first kappa shape index (κ1) is 31.4. The van der Waals surface area contributed by atoms with Crippen LogP contribution in [-0.2, 0) is 20.7 Å². The second-order valence-corrected chi connectivity index (χ2v) is 11.6. The first-order valence-corrected chi connectivity index (χ1v) is 15.1. The molecule has 234 valence electrons. The highest BCUT2D eigenvalue weighted by Crippen LogP contribution is 2.43. The number of hydrogen-bond donors (Lipinski definition) is 4. The van der Waals surface area contributed by atoms with Crippen molar-refractivity contribution in [2.45, 2.75) is 65.7 Å². The molecule has 0 aromatic carbocycles. The minimum Gasteiger partial charge on any atom is -0.478 e. The van der Waals surface area contributed by atoms with Gasteiger partial charge in [0.05, 0.1) is 29.8 Å². The van der Waals surface area contributed by atoms with Crippen LogP contribution < -0.4 is 5.32 Å². The molecule has 4 N–H and O–H groups in total. The van der Waals surface area contributed by atoms with E-state index in [1.165, 1.54) is 14.2 Å². The summed E-state index contributed by atoms with van der Waals surface area (Å²) in [5.74, 6) is -2.79. The van der Waals surface area contributed by atoms with Gasteiger partial charge in [-0.3, -0.25) is 14.6 Å². The molecule has 0 unspecified atom stereocenters. The number of carboxylic acids is 1. The van der Waals surface area contributed by atoms with Gasteiger partial charge in [-0.15, -0.1) is 0 Å². The van der Waals surface area contributed by atoms with Gasteiger partial charge in [-0.25, -0.2) is 9.78 Å². The Labute approximate surface area is 261 Å². The van der Waals surface area contributed by atoms with E-state index in [2.05, 4.69) is 41.8 Å². The van der Waals surface area contributed by atoms with Gasteiger partial charge in [0.2, 0.25) is 0 Å². The lowest BCUT2D eigenvalue weighted by atomic mass is 9.85. The number of methoxy groups -OCH3 is 1. The fourth-order valence-electron chi connectivity index (χ4n) is 6.56. The molecular formula is C35H39N5O5. The number of nitrogens with one attached hydrogen (secondary N) is 3. The molecule has 0 saturated heterocycles. The molecule has 45 heavy (non-hydrogen) atoms. The molecule has 8 bridgehead atoms. The van der Waals surface area contributed by atoms with Crippen molar-refractivity contribution in [2.24, 2.45) is 0 Å².